The summed E-state index contributed by atoms with van der Waals surface area (Å²) in [5.74, 6) is -5.13. The van der Waals surface area contributed by atoms with Gasteiger partial charge in [0.1, 0.15) is 28.9 Å². The van der Waals surface area contributed by atoms with Gasteiger partial charge in [-0.05, 0) is 132 Å². The van der Waals surface area contributed by atoms with Gasteiger partial charge in [-0.1, -0.05) is 25.2 Å². The number of aryl methyl sites for hydroxylation is 1. The molecule has 11 rings (SSSR count). The van der Waals surface area contributed by atoms with Crippen molar-refractivity contribution in [3.63, 3.8) is 0 Å². The lowest BCUT2D eigenvalue weighted by Crippen LogP contribution is -2.49. The molecule has 0 spiro atoms. The Morgan fingerprint density at radius 2 is 1.70 bits per heavy atom. The molecule has 2 aromatic heterocycles. The number of anilines is 2. The molecule has 2 aliphatic carbocycles. The number of carbonyl (C=O) groups is 4. The van der Waals surface area contributed by atoms with Gasteiger partial charge >= 0.3 is 18.2 Å². The largest absolute Gasteiger partial charge is 0.507 e. The molecule has 4 aromatic rings. The number of aromatic carboxylic acids is 1. The summed E-state index contributed by atoms with van der Waals surface area (Å²) in [5, 5.41) is 69.4. The maximum atomic E-state index is 16.2. The van der Waals surface area contributed by atoms with Crippen LogP contribution in [0.3, 0.4) is 0 Å². The van der Waals surface area contributed by atoms with Gasteiger partial charge in [0.15, 0.2) is 11.6 Å². The number of hydrogen-bond donors (Lipinski definition) is 7. The van der Waals surface area contributed by atoms with Gasteiger partial charge in [-0.3, -0.25) is 28.6 Å². The van der Waals surface area contributed by atoms with E-state index in [1.807, 2.05) is 24.9 Å². The number of carbonyl (C=O) groups excluding carboxylic acids is 3. The molecule has 20 heteroatoms. The van der Waals surface area contributed by atoms with Gasteiger partial charge < -0.3 is 55.3 Å². The molecule has 2 saturated heterocycles. The van der Waals surface area contributed by atoms with E-state index in [-0.39, 0.29) is 85.8 Å². The third-order valence-corrected chi connectivity index (χ3v) is 16.8. The van der Waals surface area contributed by atoms with Crippen LogP contribution in [-0.4, -0.2) is 121 Å². The second-order valence-corrected chi connectivity index (χ2v) is 22.4. The number of aliphatic hydroxyl groups is 1. The Labute approximate surface area is 456 Å². The molecule has 7 N–H and O–H groups in total. The van der Waals surface area contributed by atoms with Crippen LogP contribution < -0.4 is 25.8 Å². The molecule has 1 amide bonds. The number of aliphatic hydroxyl groups excluding tert-OH is 1. The number of Topliss-reactive ketones (excluding diaryl/α,β-unsaturated/α-hetero) is 1. The number of phenolic OH excluding ortho intramolecular Hbond substituents is 3. The van der Waals surface area contributed by atoms with Crippen LogP contribution in [-0.2, 0) is 19.1 Å². The standard InChI is InChI=1S/C59H69FN6O13/c1-30-9-8-10-31(2)55(73)62-47-42(51(70)44-45(52(47)71)50(69)33(4)54-46(44)53(72)58(79-54)77-24-7-6-11-39(78-34(5)67)25-38(68)15-12-30)27-61-65-22-17-37(18-23-65)63-59(19-20-59)36-16-21-64(28-36)49-32(3)48-40(35-13-14-35)26-41(57(75)76)56(74)66(48)29-43(49)60/h7-10,24,26-27,29-30,35-39,58,63,68-71H,6,11-23,25,28H2,1-5H3,(H,62,73)(H,75,76)/b9-8+,24-7+,31-10-,61-27+. The molecule has 7 aliphatic rings. The number of hydrogen-bond acceptors (Lipinski definition) is 16. The van der Waals surface area contributed by atoms with Gasteiger partial charge in [-0.25, -0.2) is 9.18 Å². The first-order valence-corrected chi connectivity index (χ1v) is 27.5. The van der Waals surface area contributed by atoms with Crippen LogP contribution in [0, 0.1) is 31.5 Å². The van der Waals surface area contributed by atoms with E-state index in [1.54, 1.807) is 25.2 Å². The highest BCUT2D eigenvalue weighted by Crippen LogP contribution is 2.54. The number of fused-ring (bicyclic) bond motifs is 15. The first kappa shape index (κ1) is 54.9. The number of carboxylic acid groups (broad SMARTS) is 1. The van der Waals surface area contributed by atoms with Crippen molar-refractivity contribution >= 4 is 57.5 Å². The number of rotatable bonds is 9. The normalized spacial score (nSPS) is 25.6. The molecule has 420 valence electrons. The van der Waals surface area contributed by atoms with Crippen molar-refractivity contribution in [1.29, 1.82) is 0 Å². The number of phenols is 3. The number of hydrazone groups is 1. The summed E-state index contributed by atoms with van der Waals surface area (Å²) in [6, 6.07) is 1.61. The Kier molecular flexibility index (Phi) is 15.3. The summed E-state index contributed by atoms with van der Waals surface area (Å²) in [6.45, 7) is 10.4. The molecule has 2 aromatic carbocycles. The lowest BCUT2D eigenvalue weighted by atomic mass is 9.92. The molecule has 4 fully saturated rings. The molecule has 5 bridgehead atoms. The highest BCUT2D eigenvalue weighted by atomic mass is 19.1. The van der Waals surface area contributed by atoms with Crippen molar-refractivity contribution in [1.82, 2.24) is 14.7 Å². The number of ketones is 1. The quantitative estimate of drug-likeness (QED) is 0.0361. The van der Waals surface area contributed by atoms with Crippen molar-refractivity contribution in [3.8, 4) is 23.0 Å². The smallest absolute Gasteiger partial charge is 0.341 e. The van der Waals surface area contributed by atoms with E-state index in [2.05, 4.69) is 15.5 Å². The third kappa shape index (κ3) is 10.9. The van der Waals surface area contributed by atoms with Crippen LogP contribution in [0.15, 0.2) is 58.3 Å². The second-order valence-electron chi connectivity index (χ2n) is 22.4. The van der Waals surface area contributed by atoms with Crippen LogP contribution in [0.5, 0.6) is 23.0 Å². The van der Waals surface area contributed by atoms with Crippen LogP contribution in [0.1, 0.15) is 147 Å². The topological polar surface area (TPSA) is 261 Å². The van der Waals surface area contributed by atoms with E-state index in [9.17, 15) is 49.5 Å². The third-order valence-electron chi connectivity index (χ3n) is 16.8. The lowest BCUT2D eigenvalue weighted by Gasteiger charge is -2.35. The fourth-order valence-corrected chi connectivity index (χ4v) is 12.2. The average molecular weight is 1090 g/mol. The fraction of sp³-hybridized carbons (Fsp3) is 0.492. The number of pyridine rings is 2. The van der Waals surface area contributed by atoms with Gasteiger partial charge in [0.05, 0.1) is 58.2 Å². The Morgan fingerprint density at radius 1 is 0.949 bits per heavy atom. The summed E-state index contributed by atoms with van der Waals surface area (Å²) in [4.78, 5) is 67.4. The van der Waals surface area contributed by atoms with Gasteiger partial charge in [-0.2, -0.15) is 5.10 Å². The number of amides is 1. The molecule has 7 heterocycles. The van der Waals surface area contributed by atoms with Crippen LogP contribution in [0.25, 0.3) is 16.3 Å². The zero-order valence-corrected chi connectivity index (χ0v) is 45.1. The number of allylic oxidation sites excluding steroid dienone is 4. The molecule has 19 nitrogen and oxygen atoms in total. The van der Waals surface area contributed by atoms with E-state index >= 15 is 4.39 Å². The van der Waals surface area contributed by atoms with Crippen molar-refractivity contribution in [2.45, 2.75) is 148 Å². The maximum Gasteiger partial charge on any atom is 0.341 e. The Morgan fingerprint density at radius 3 is 2.39 bits per heavy atom. The molecule has 2 saturated carbocycles. The van der Waals surface area contributed by atoms with Gasteiger partial charge in [0, 0.05) is 67.6 Å². The highest BCUT2D eigenvalue weighted by molar-refractivity contribution is 6.23. The van der Waals surface area contributed by atoms with Gasteiger partial charge in [0.2, 0.25) is 5.78 Å². The van der Waals surface area contributed by atoms with E-state index < -0.39 is 70.8 Å². The zero-order valence-electron chi connectivity index (χ0n) is 45.1. The molecule has 5 aliphatic heterocycles. The highest BCUT2D eigenvalue weighted by Gasteiger charge is 2.52. The first-order chi connectivity index (χ1) is 37.7. The number of nitrogens with zero attached hydrogens (tertiary/aromatic N) is 4. The summed E-state index contributed by atoms with van der Waals surface area (Å²) in [6.07, 6.45) is 15.6. The van der Waals surface area contributed by atoms with Crippen molar-refractivity contribution in [2.24, 2.45) is 16.9 Å². The number of esters is 1. The second kappa shape index (κ2) is 22.0. The van der Waals surface area contributed by atoms with E-state index in [4.69, 9.17) is 19.3 Å². The minimum absolute atomic E-state index is 0.00496. The predicted molar refractivity (Wildman–Crippen MR) is 293 cm³/mol. The number of benzene rings is 2. The SMILES string of the molecule is CC(=O)OC1CC/C=C/OC2Oc3c(C)c(O)c4c(O)c(c(/C=N/N5CCC(NC6(C7CCN(c8c(F)cn9c(=O)c(C(=O)O)cc(C%10CC%10)c9c8C)C7)CC6)CC5)c(O)c4c3C2=O)NC(=O)/C(C)=C\C=C\C(C)CCC(O)C1. The van der Waals surface area contributed by atoms with Crippen LogP contribution in [0.4, 0.5) is 15.8 Å². The van der Waals surface area contributed by atoms with Crippen molar-refractivity contribution in [3.05, 3.63) is 98.0 Å². The van der Waals surface area contributed by atoms with E-state index in [1.165, 1.54) is 36.8 Å². The van der Waals surface area contributed by atoms with Crippen molar-refractivity contribution in [2.75, 3.05) is 36.4 Å². The van der Waals surface area contributed by atoms with E-state index in [0.717, 1.165) is 43.9 Å². The number of aromatic nitrogens is 1. The summed E-state index contributed by atoms with van der Waals surface area (Å²) >= 11 is 0. The molecule has 5 atom stereocenters. The van der Waals surface area contributed by atoms with Crippen LogP contribution >= 0.6 is 0 Å². The monoisotopic (exact) mass is 1090 g/mol. The Hall–Kier alpha value is -7.45. The molecular formula is C59H69FN6O13. The number of halogens is 1. The number of carboxylic acids is 1. The lowest BCUT2D eigenvalue weighted by molar-refractivity contribution is -0.148. The molecule has 0 radical (unpaired) electrons. The van der Waals surface area contributed by atoms with Crippen molar-refractivity contribution < 1.29 is 63.3 Å². The maximum absolute atomic E-state index is 16.2. The number of ether oxygens (including phenoxy) is 3. The first-order valence-electron chi connectivity index (χ1n) is 27.5. The minimum atomic E-state index is -1.53. The number of aromatic hydroxyl groups is 3. The molecule has 79 heavy (non-hydrogen) atoms. The van der Waals surface area contributed by atoms with Crippen LogP contribution in [0.2, 0.25) is 0 Å². The Balaban J connectivity index is 0.882. The summed E-state index contributed by atoms with van der Waals surface area (Å²) in [5.41, 5.74) is 0.949. The average Bonchev–Trinajstić information content (AvgIpc) is 3.72. The summed E-state index contributed by atoms with van der Waals surface area (Å²) < 4.78 is 34.5. The predicted octanol–water partition coefficient (Wildman–Crippen LogP) is 8.11. The summed E-state index contributed by atoms with van der Waals surface area (Å²) in [7, 11) is 0. The Bertz CT molecular complexity index is 3330. The number of piperidine rings is 1. The fourth-order valence-electron chi connectivity index (χ4n) is 12.2. The van der Waals surface area contributed by atoms with Gasteiger partial charge in [0.25, 0.3) is 11.5 Å². The van der Waals surface area contributed by atoms with Gasteiger partial charge in [-0.15, -0.1) is 0 Å². The zero-order chi connectivity index (χ0) is 56.2. The minimum Gasteiger partial charge on any atom is -0.507 e. The molecular weight excluding hydrogens is 1020 g/mol. The molecule has 5 unspecified atom stereocenters. The number of nitrogens with one attached hydrogen (secondary N) is 2. The van der Waals surface area contributed by atoms with E-state index in [0.29, 0.717) is 81.5 Å².